The van der Waals surface area contributed by atoms with E-state index in [9.17, 15) is 10.1 Å². The van der Waals surface area contributed by atoms with Gasteiger partial charge in [-0.25, -0.2) is 0 Å². The van der Waals surface area contributed by atoms with Gasteiger partial charge in [-0.2, -0.15) is 0 Å². The molecule has 0 saturated heterocycles. The third kappa shape index (κ3) is 5.09. The Balaban J connectivity index is 2.85. The topological polar surface area (TPSA) is 64.4 Å². The van der Waals surface area contributed by atoms with Gasteiger partial charge in [-0.05, 0) is 18.6 Å². The highest BCUT2D eigenvalue weighted by atomic mass is 16.6. The molecule has 1 rings (SSSR count). The quantitative estimate of drug-likeness (QED) is 0.467. The molecule has 0 heterocycles. The average Bonchev–Trinajstić information content (AvgIpc) is 2.37. The van der Waals surface area contributed by atoms with Crippen LogP contribution in [-0.2, 0) is 6.54 Å². The van der Waals surface area contributed by atoms with Gasteiger partial charge in [0, 0.05) is 18.7 Å². The van der Waals surface area contributed by atoms with E-state index in [0.29, 0.717) is 24.9 Å². The van der Waals surface area contributed by atoms with Crippen LogP contribution >= 0.6 is 0 Å². The van der Waals surface area contributed by atoms with E-state index < -0.39 is 4.92 Å². The lowest BCUT2D eigenvalue weighted by molar-refractivity contribution is -0.385. The number of benzene rings is 1. The minimum Gasteiger partial charge on any atom is -0.483 e. The van der Waals surface area contributed by atoms with Gasteiger partial charge in [0.2, 0.25) is 0 Å². The average molecular weight is 264 g/mol. The summed E-state index contributed by atoms with van der Waals surface area (Å²) in [6.45, 7) is 6.87. The second kappa shape index (κ2) is 7.53. The molecule has 19 heavy (non-hydrogen) atoms. The van der Waals surface area contributed by atoms with Crippen molar-refractivity contribution in [3.05, 3.63) is 46.0 Å². The maximum Gasteiger partial charge on any atom is 0.311 e. The van der Waals surface area contributed by atoms with Gasteiger partial charge in [0.25, 0.3) is 0 Å². The molecule has 1 aromatic carbocycles. The number of nitro benzene ring substituents is 1. The fourth-order valence-corrected chi connectivity index (χ4v) is 1.49. The second-order valence-electron chi connectivity index (χ2n) is 4.47. The van der Waals surface area contributed by atoms with Crippen LogP contribution in [0.5, 0.6) is 5.75 Å². The van der Waals surface area contributed by atoms with E-state index in [-0.39, 0.29) is 5.69 Å². The SMILES string of the molecule is C/C=C/COc1ccc(CNC(C)C)cc1[N+](=O)[O-]. The predicted octanol–water partition coefficient (Wildman–Crippen LogP) is 3.05. The summed E-state index contributed by atoms with van der Waals surface area (Å²) in [5.41, 5.74) is 0.881. The van der Waals surface area contributed by atoms with Gasteiger partial charge in [-0.1, -0.05) is 32.1 Å². The van der Waals surface area contributed by atoms with Gasteiger partial charge >= 0.3 is 5.69 Å². The number of hydrogen-bond donors (Lipinski definition) is 1. The van der Waals surface area contributed by atoms with Crippen LogP contribution in [0.15, 0.2) is 30.4 Å². The Kier molecular flexibility index (Phi) is 6.02. The van der Waals surface area contributed by atoms with Crippen LogP contribution in [0.1, 0.15) is 26.3 Å². The van der Waals surface area contributed by atoms with E-state index in [4.69, 9.17) is 4.74 Å². The largest absolute Gasteiger partial charge is 0.483 e. The Bertz CT molecular complexity index is 456. The summed E-state index contributed by atoms with van der Waals surface area (Å²) in [5.74, 6) is 0.302. The third-order valence-electron chi connectivity index (χ3n) is 2.51. The van der Waals surface area contributed by atoms with Crippen molar-refractivity contribution in [2.45, 2.75) is 33.4 Å². The van der Waals surface area contributed by atoms with Crippen molar-refractivity contribution < 1.29 is 9.66 Å². The minimum atomic E-state index is -0.413. The van der Waals surface area contributed by atoms with E-state index in [1.807, 2.05) is 32.9 Å². The summed E-state index contributed by atoms with van der Waals surface area (Å²) >= 11 is 0. The molecule has 0 radical (unpaired) electrons. The Morgan fingerprint density at radius 2 is 2.21 bits per heavy atom. The number of nitro groups is 1. The van der Waals surface area contributed by atoms with Crippen molar-refractivity contribution >= 4 is 5.69 Å². The molecule has 5 heteroatoms. The molecule has 1 aromatic rings. The highest BCUT2D eigenvalue weighted by Gasteiger charge is 2.15. The Labute approximate surface area is 113 Å². The molecule has 5 nitrogen and oxygen atoms in total. The monoisotopic (exact) mass is 264 g/mol. The normalized spacial score (nSPS) is 11.2. The van der Waals surface area contributed by atoms with Gasteiger partial charge in [0.1, 0.15) is 6.61 Å². The lowest BCUT2D eigenvalue weighted by Crippen LogP contribution is -2.21. The zero-order chi connectivity index (χ0) is 14.3. The fraction of sp³-hybridized carbons (Fsp3) is 0.429. The van der Waals surface area contributed by atoms with Crippen LogP contribution in [0, 0.1) is 10.1 Å². The molecule has 1 N–H and O–H groups in total. The maximum absolute atomic E-state index is 11.0. The van der Waals surface area contributed by atoms with Crippen LogP contribution in [-0.4, -0.2) is 17.6 Å². The lowest BCUT2D eigenvalue weighted by Gasteiger charge is -2.09. The molecule has 0 unspecified atom stereocenters. The van der Waals surface area contributed by atoms with Crippen molar-refractivity contribution in [3.8, 4) is 5.75 Å². The third-order valence-corrected chi connectivity index (χ3v) is 2.51. The van der Waals surface area contributed by atoms with Gasteiger partial charge in [-0.15, -0.1) is 0 Å². The minimum absolute atomic E-state index is 0.00700. The van der Waals surface area contributed by atoms with Crippen molar-refractivity contribution in [3.63, 3.8) is 0 Å². The lowest BCUT2D eigenvalue weighted by atomic mass is 10.2. The number of nitrogens with one attached hydrogen (secondary N) is 1. The Morgan fingerprint density at radius 1 is 1.47 bits per heavy atom. The molecule has 0 aliphatic carbocycles. The van der Waals surface area contributed by atoms with E-state index in [0.717, 1.165) is 5.56 Å². The zero-order valence-corrected chi connectivity index (χ0v) is 11.6. The highest BCUT2D eigenvalue weighted by Crippen LogP contribution is 2.28. The number of allylic oxidation sites excluding steroid dienone is 1. The summed E-state index contributed by atoms with van der Waals surface area (Å²) in [4.78, 5) is 10.6. The van der Waals surface area contributed by atoms with Crippen molar-refractivity contribution in [2.24, 2.45) is 0 Å². The number of hydrogen-bond acceptors (Lipinski definition) is 4. The second-order valence-corrected chi connectivity index (χ2v) is 4.47. The highest BCUT2D eigenvalue weighted by molar-refractivity contribution is 5.48. The van der Waals surface area contributed by atoms with Gasteiger partial charge in [0.15, 0.2) is 5.75 Å². The van der Waals surface area contributed by atoms with Gasteiger partial charge in [0.05, 0.1) is 4.92 Å². The molecule has 0 fully saturated rings. The summed E-state index contributed by atoms with van der Waals surface area (Å²) in [7, 11) is 0. The molecule has 0 aliphatic rings. The van der Waals surface area contributed by atoms with Crippen LogP contribution < -0.4 is 10.1 Å². The fourth-order valence-electron chi connectivity index (χ4n) is 1.49. The molecule has 0 atom stereocenters. The molecule has 0 spiro atoms. The number of ether oxygens (including phenoxy) is 1. The van der Waals surface area contributed by atoms with E-state index in [1.165, 1.54) is 0 Å². The molecule has 0 saturated carbocycles. The van der Waals surface area contributed by atoms with E-state index >= 15 is 0 Å². The first-order valence-electron chi connectivity index (χ1n) is 6.29. The molecule has 104 valence electrons. The summed E-state index contributed by atoms with van der Waals surface area (Å²) < 4.78 is 5.37. The predicted molar refractivity (Wildman–Crippen MR) is 75.4 cm³/mol. The molecule has 0 bridgehead atoms. The van der Waals surface area contributed by atoms with Gasteiger partial charge < -0.3 is 10.1 Å². The van der Waals surface area contributed by atoms with Crippen LogP contribution in [0.2, 0.25) is 0 Å². The van der Waals surface area contributed by atoms with Crippen LogP contribution in [0.25, 0.3) is 0 Å². The van der Waals surface area contributed by atoms with Gasteiger partial charge in [-0.3, -0.25) is 10.1 Å². The Hall–Kier alpha value is -1.88. The summed E-state index contributed by atoms with van der Waals surface area (Å²) in [6, 6.07) is 5.39. The summed E-state index contributed by atoms with van der Waals surface area (Å²) in [5, 5.41) is 14.3. The molecule has 0 amide bonds. The number of nitrogens with zero attached hydrogens (tertiary/aromatic N) is 1. The summed E-state index contributed by atoms with van der Waals surface area (Å²) in [6.07, 6.45) is 3.64. The molecular weight excluding hydrogens is 244 g/mol. The zero-order valence-electron chi connectivity index (χ0n) is 11.6. The smallest absolute Gasteiger partial charge is 0.311 e. The first-order chi connectivity index (χ1) is 9.04. The molecule has 0 aromatic heterocycles. The van der Waals surface area contributed by atoms with E-state index in [1.54, 1.807) is 18.2 Å². The van der Waals surface area contributed by atoms with Crippen molar-refractivity contribution in [1.29, 1.82) is 0 Å². The first kappa shape index (κ1) is 15.2. The standard InChI is InChI=1S/C14H20N2O3/c1-4-5-8-19-14-7-6-12(10-15-11(2)3)9-13(14)16(17)18/h4-7,9,11,15H,8,10H2,1-3H3/b5-4+. The van der Waals surface area contributed by atoms with E-state index in [2.05, 4.69) is 5.32 Å². The molecule has 0 aliphatic heterocycles. The first-order valence-corrected chi connectivity index (χ1v) is 6.29. The Morgan fingerprint density at radius 3 is 2.79 bits per heavy atom. The van der Waals surface area contributed by atoms with Crippen molar-refractivity contribution in [2.75, 3.05) is 6.61 Å². The van der Waals surface area contributed by atoms with Crippen LogP contribution in [0.3, 0.4) is 0 Å². The maximum atomic E-state index is 11.0. The van der Waals surface area contributed by atoms with Crippen LogP contribution in [0.4, 0.5) is 5.69 Å². The molecular formula is C14H20N2O3. The van der Waals surface area contributed by atoms with Crippen molar-refractivity contribution in [1.82, 2.24) is 5.32 Å². The number of rotatable bonds is 7.